The van der Waals surface area contributed by atoms with Crippen molar-refractivity contribution in [1.29, 1.82) is 0 Å². The van der Waals surface area contributed by atoms with Crippen LogP contribution in [0.2, 0.25) is 5.02 Å². The van der Waals surface area contributed by atoms with Crippen LogP contribution in [-0.2, 0) is 17.9 Å². The first-order valence-corrected chi connectivity index (χ1v) is 11.1. The molecule has 0 bridgehead atoms. The van der Waals surface area contributed by atoms with Gasteiger partial charge in [0.25, 0.3) is 5.56 Å². The second-order valence-corrected chi connectivity index (χ2v) is 8.31. The van der Waals surface area contributed by atoms with Gasteiger partial charge in [-0.15, -0.1) is 6.58 Å². The van der Waals surface area contributed by atoms with Crippen molar-refractivity contribution >= 4 is 50.0 Å². The summed E-state index contributed by atoms with van der Waals surface area (Å²) in [7, 11) is 0. The number of allylic oxidation sites excluding steroid dienone is 1. The van der Waals surface area contributed by atoms with E-state index in [9.17, 15) is 14.4 Å². The molecule has 1 amide bonds. The highest BCUT2D eigenvalue weighted by Gasteiger charge is 2.21. The number of carbonyl (C=O) groups excluding carboxylic acids is 1. The summed E-state index contributed by atoms with van der Waals surface area (Å²) in [5, 5.41) is 3.75. The number of hydrogen-bond donors (Lipinski definition) is 1. The third-order valence-electron chi connectivity index (χ3n) is 4.80. The van der Waals surface area contributed by atoms with Crippen LogP contribution in [-0.4, -0.2) is 33.1 Å². The SMILES string of the molecule is C=CCn1c(=O)c2sc(N(CC)CC)nc2n(CC(=O)Nc2ccc(C)cc2Cl)c1=O. The molecule has 0 radical (unpaired) electrons. The highest BCUT2D eigenvalue weighted by molar-refractivity contribution is 7.22. The van der Waals surface area contributed by atoms with Crippen LogP contribution in [0, 0.1) is 6.92 Å². The van der Waals surface area contributed by atoms with E-state index in [1.165, 1.54) is 22.0 Å². The molecule has 3 rings (SSSR count). The van der Waals surface area contributed by atoms with E-state index in [-0.39, 0.29) is 18.7 Å². The van der Waals surface area contributed by atoms with Crippen LogP contribution in [0.1, 0.15) is 19.4 Å². The van der Waals surface area contributed by atoms with Crippen LogP contribution in [0.5, 0.6) is 0 Å². The fourth-order valence-corrected chi connectivity index (χ4v) is 4.61. The Morgan fingerprint density at radius 1 is 1.29 bits per heavy atom. The normalized spacial score (nSPS) is 11.0. The van der Waals surface area contributed by atoms with Gasteiger partial charge in [0.1, 0.15) is 11.2 Å². The zero-order valence-electron chi connectivity index (χ0n) is 17.6. The van der Waals surface area contributed by atoms with E-state index in [4.69, 9.17) is 11.6 Å². The van der Waals surface area contributed by atoms with Crippen molar-refractivity contribution in [2.24, 2.45) is 0 Å². The van der Waals surface area contributed by atoms with Crippen molar-refractivity contribution in [3.63, 3.8) is 0 Å². The number of amides is 1. The van der Waals surface area contributed by atoms with Crippen LogP contribution in [0.25, 0.3) is 10.3 Å². The lowest BCUT2D eigenvalue weighted by atomic mass is 10.2. The second kappa shape index (κ2) is 9.49. The van der Waals surface area contributed by atoms with Gasteiger partial charge in [0.15, 0.2) is 10.8 Å². The number of benzene rings is 1. The van der Waals surface area contributed by atoms with Gasteiger partial charge >= 0.3 is 5.69 Å². The summed E-state index contributed by atoms with van der Waals surface area (Å²) in [6.07, 6.45) is 1.47. The topological polar surface area (TPSA) is 89.2 Å². The van der Waals surface area contributed by atoms with Crippen molar-refractivity contribution < 1.29 is 4.79 Å². The number of carbonyl (C=O) groups is 1. The quantitative estimate of drug-likeness (QED) is 0.520. The molecule has 0 aliphatic carbocycles. The Balaban J connectivity index is 2.08. The van der Waals surface area contributed by atoms with Crippen molar-refractivity contribution in [2.45, 2.75) is 33.9 Å². The largest absolute Gasteiger partial charge is 0.349 e. The molecule has 1 aromatic carbocycles. The molecule has 31 heavy (non-hydrogen) atoms. The minimum absolute atomic E-state index is 0.0392. The van der Waals surface area contributed by atoms with Gasteiger partial charge in [-0.2, -0.15) is 0 Å². The van der Waals surface area contributed by atoms with Gasteiger partial charge in [-0.05, 0) is 38.5 Å². The molecule has 0 aliphatic rings. The predicted molar refractivity (Wildman–Crippen MR) is 127 cm³/mol. The smallest absolute Gasteiger partial charge is 0.333 e. The summed E-state index contributed by atoms with van der Waals surface area (Å²) in [5.41, 5.74) is 0.562. The lowest BCUT2D eigenvalue weighted by Gasteiger charge is -2.16. The standard InChI is InChI=1S/C21H24ClN5O3S/c1-5-10-26-19(29)17-18(24-20(31-17)25(6-2)7-3)27(21(26)30)12-16(28)23-15-9-8-13(4)11-14(15)22/h5,8-9,11H,1,6-7,10,12H2,2-4H3,(H,23,28). The van der Waals surface area contributed by atoms with E-state index in [0.29, 0.717) is 33.6 Å². The van der Waals surface area contributed by atoms with E-state index in [0.717, 1.165) is 10.1 Å². The maximum Gasteiger partial charge on any atom is 0.333 e. The van der Waals surface area contributed by atoms with Crippen molar-refractivity contribution in [3.05, 3.63) is 62.3 Å². The van der Waals surface area contributed by atoms with Crippen LogP contribution in [0.3, 0.4) is 0 Å². The average molecular weight is 462 g/mol. The molecule has 0 fully saturated rings. The summed E-state index contributed by atoms with van der Waals surface area (Å²) in [6, 6.07) is 5.27. The highest BCUT2D eigenvalue weighted by atomic mass is 35.5. The molecule has 2 aromatic heterocycles. The monoisotopic (exact) mass is 461 g/mol. The number of aryl methyl sites for hydroxylation is 1. The summed E-state index contributed by atoms with van der Waals surface area (Å²) < 4.78 is 2.61. The van der Waals surface area contributed by atoms with E-state index in [1.54, 1.807) is 12.1 Å². The van der Waals surface area contributed by atoms with Gasteiger partial charge in [0.2, 0.25) is 5.91 Å². The number of nitrogens with zero attached hydrogens (tertiary/aromatic N) is 4. The molecular formula is C21H24ClN5O3S. The molecule has 0 saturated heterocycles. The van der Waals surface area contributed by atoms with Crippen molar-refractivity contribution in [2.75, 3.05) is 23.3 Å². The zero-order valence-corrected chi connectivity index (χ0v) is 19.2. The second-order valence-electron chi connectivity index (χ2n) is 6.93. The third-order valence-corrected chi connectivity index (χ3v) is 6.21. The number of anilines is 2. The van der Waals surface area contributed by atoms with Gasteiger partial charge in [-0.25, -0.2) is 9.78 Å². The summed E-state index contributed by atoms with van der Waals surface area (Å²) >= 11 is 7.42. The molecular weight excluding hydrogens is 438 g/mol. The van der Waals surface area contributed by atoms with Crippen molar-refractivity contribution in [3.8, 4) is 0 Å². The molecule has 0 aliphatic heterocycles. The lowest BCUT2D eigenvalue weighted by molar-refractivity contribution is -0.116. The minimum Gasteiger partial charge on any atom is -0.349 e. The fraction of sp³-hybridized carbons (Fsp3) is 0.333. The predicted octanol–water partition coefficient (Wildman–Crippen LogP) is 3.25. The first-order chi connectivity index (χ1) is 14.8. The molecule has 1 N–H and O–H groups in total. The average Bonchev–Trinajstić information content (AvgIpc) is 3.17. The molecule has 0 atom stereocenters. The minimum atomic E-state index is -0.612. The Bertz CT molecular complexity index is 1260. The first-order valence-electron chi connectivity index (χ1n) is 9.86. The molecule has 3 aromatic rings. The Morgan fingerprint density at radius 2 is 2.00 bits per heavy atom. The van der Waals surface area contributed by atoms with Crippen molar-refractivity contribution in [1.82, 2.24) is 14.1 Å². The van der Waals surface area contributed by atoms with E-state index < -0.39 is 17.2 Å². The maximum atomic E-state index is 13.0. The van der Waals surface area contributed by atoms with Crippen LogP contribution in [0.4, 0.5) is 10.8 Å². The molecule has 0 unspecified atom stereocenters. The number of thiazole rings is 1. The van der Waals surface area contributed by atoms with Gasteiger partial charge in [0.05, 0.1) is 10.7 Å². The number of nitrogens with one attached hydrogen (secondary N) is 1. The molecule has 0 spiro atoms. The lowest BCUT2D eigenvalue weighted by Crippen LogP contribution is -2.41. The zero-order chi connectivity index (χ0) is 22.7. The highest BCUT2D eigenvalue weighted by Crippen LogP contribution is 2.26. The van der Waals surface area contributed by atoms with Gasteiger partial charge in [0, 0.05) is 19.6 Å². The molecule has 8 nitrogen and oxygen atoms in total. The maximum absolute atomic E-state index is 13.0. The molecule has 2 heterocycles. The van der Waals surface area contributed by atoms with E-state index >= 15 is 0 Å². The first kappa shape index (κ1) is 22.8. The molecule has 10 heteroatoms. The fourth-order valence-electron chi connectivity index (χ4n) is 3.19. The Labute approximate surface area is 188 Å². The number of halogens is 1. The molecule has 0 saturated carbocycles. The Morgan fingerprint density at radius 3 is 2.61 bits per heavy atom. The number of hydrogen-bond acceptors (Lipinski definition) is 6. The number of rotatable bonds is 8. The summed E-state index contributed by atoms with van der Waals surface area (Å²) in [4.78, 5) is 45.2. The van der Waals surface area contributed by atoms with Gasteiger partial charge in [-0.1, -0.05) is 35.1 Å². The van der Waals surface area contributed by atoms with E-state index in [2.05, 4.69) is 16.9 Å². The van der Waals surface area contributed by atoms with Gasteiger partial charge in [-0.3, -0.25) is 18.7 Å². The number of aromatic nitrogens is 3. The van der Waals surface area contributed by atoms with E-state index in [1.807, 2.05) is 31.7 Å². The Hall–Kier alpha value is -2.91. The Kier molecular flexibility index (Phi) is 6.97. The molecule has 164 valence electrons. The van der Waals surface area contributed by atoms with Crippen LogP contribution < -0.4 is 21.5 Å². The van der Waals surface area contributed by atoms with Gasteiger partial charge < -0.3 is 10.2 Å². The van der Waals surface area contributed by atoms with Crippen LogP contribution in [0.15, 0.2) is 40.4 Å². The van der Waals surface area contributed by atoms with Crippen LogP contribution >= 0.6 is 22.9 Å². The summed E-state index contributed by atoms with van der Waals surface area (Å²) in [5.74, 6) is -0.449. The summed E-state index contributed by atoms with van der Waals surface area (Å²) in [6.45, 7) is 10.6. The number of fused-ring (bicyclic) bond motifs is 1. The third kappa shape index (κ3) is 4.57.